The molecule has 12 nitrogen and oxygen atoms in total. The van der Waals surface area contributed by atoms with Crippen LogP contribution < -0.4 is 4.74 Å². The molecule has 1 fully saturated rings. The first-order valence-corrected chi connectivity index (χ1v) is 12.7. The van der Waals surface area contributed by atoms with Crippen LogP contribution in [0.15, 0.2) is 83.5 Å². The van der Waals surface area contributed by atoms with Gasteiger partial charge in [-0.15, -0.1) is 0 Å². The molecule has 0 N–H and O–H groups in total. The highest BCUT2D eigenvalue weighted by molar-refractivity contribution is 6.10. The normalized spacial score (nSPS) is 19.5. The van der Waals surface area contributed by atoms with Crippen molar-refractivity contribution in [1.82, 2.24) is 10.0 Å². The molecule has 0 saturated carbocycles. The number of imide groups is 1. The van der Waals surface area contributed by atoms with E-state index in [0.29, 0.717) is 6.42 Å². The Balaban J connectivity index is 1.41. The van der Waals surface area contributed by atoms with E-state index in [1.807, 2.05) is 12.2 Å². The van der Waals surface area contributed by atoms with Gasteiger partial charge in [0.05, 0.1) is 23.0 Å². The maximum absolute atomic E-state index is 13.6. The number of furan rings is 1. The number of nitro benzene ring substituents is 1. The number of non-ortho nitro benzene ring substituents is 1. The number of fused-ring (bicyclic) bond motifs is 1. The van der Waals surface area contributed by atoms with Crippen LogP contribution in [-0.2, 0) is 9.59 Å². The first-order valence-electron chi connectivity index (χ1n) is 12.7. The van der Waals surface area contributed by atoms with E-state index in [9.17, 15) is 34.1 Å². The number of benzene rings is 2. The van der Waals surface area contributed by atoms with E-state index in [0.717, 1.165) is 22.2 Å². The van der Waals surface area contributed by atoms with Gasteiger partial charge in [-0.1, -0.05) is 19.1 Å². The molecular weight excluding hydrogens is 534 g/mol. The smallest absolute Gasteiger partial charge is 0.379 e. The summed E-state index contributed by atoms with van der Waals surface area (Å²) in [6.45, 7) is 1.13. The molecule has 12 heteroatoms. The number of carbonyl (C=O) groups is 5. The number of nitro groups is 1. The van der Waals surface area contributed by atoms with Gasteiger partial charge in [-0.25, -0.2) is 9.80 Å². The van der Waals surface area contributed by atoms with Gasteiger partial charge in [0.2, 0.25) is 5.76 Å². The summed E-state index contributed by atoms with van der Waals surface area (Å²) in [5, 5.41) is 12.6. The third-order valence-corrected chi connectivity index (χ3v) is 7.05. The van der Waals surface area contributed by atoms with Crippen LogP contribution in [0.2, 0.25) is 0 Å². The number of ether oxygens (including phenoxy) is 1. The van der Waals surface area contributed by atoms with Crippen molar-refractivity contribution >= 4 is 35.2 Å². The van der Waals surface area contributed by atoms with Gasteiger partial charge in [0, 0.05) is 23.3 Å². The van der Waals surface area contributed by atoms with E-state index in [2.05, 4.69) is 0 Å². The molecule has 1 aliphatic heterocycles. The number of amides is 3. The van der Waals surface area contributed by atoms with Crippen molar-refractivity contribution in [2.45, 2.75) is 13.3 Å². The maximum atomic E-state index is 13.6. The predicted octanol–water partition coefficient (Wildman–Crippen LogP) is 3.84. The third-order valence-electron chi connectivity index (χ3n) is 7.05. The number of rotatable bonds is 8. The van der Waals surface area contributed by atoms with Crippen LogP contribution >= 0.6 is 0 Å². The van der Waals surface area contributed by atoms with E-state index in [-0.39, 0.29) is 34.2 Å². The minimum atomic E-state index is -0.849. The number of esters is 1. The van der Waals surface area contributed by atoms with E-state index in [1.165, 1.54) is 54.8 Å². The lowest BCUT2D eigenvalue weighted by Gasteiger charge is -2.30. The monoisotopic (exact) mass is 557 g/mol. The lowest BCUT2D eigenvalue weighted by atomic mass is 9.78. The molecule has 41 heavy (non-hydrogen) atoms. The molecule has 2 aromatic carbocycles. The first kappa shape index (κ1) is 27.2. The van der Waals surface area contributed by atoms with Gasteiger partial charge < -0.3 is 9.15 Å². The number of carbonyl (C=O) groups excluding carboxylic acids is 5. The fraction of sp³-hybridized carbons (Fsp3) is 0.207. The zero-order valence-corrected chi connectivity index (χ0v) is 21.7. The highest BCUT2D eigenvalue weighted by Gasteiger charge is 2.53. The van der Waals surface area contributed by atoms with Crippen molar-refractivity contribution in [3.05, 3.63) is 106 Å². The first-order chi connectivity index (χ1) is 19.7. The summed E-state index contributed by atoms with van der Waals surface area (Å²) < 4.78 is 10.2. The second-order valence-corrected chi connectivity index (χ2v) is 9.62. The molecule has 2 heterocycles. The Morgan fingerprint density at radius 3 is 2.32 bits per heavy atom. The van der Waals surface area contributed by atoms with Crippen molar-refractivity contribution in [3.63, 3.8) is 0 Å². The number of Topliss-reactive ketones (excluding diaryl/α,β-unsaturated/α-hetero) is 1. The van der Waals surface area contributed by atoms with Gasteiger partial charge >= 0.3 is 5.97 Å². The summed E-state index contributed by atoms with van der Waals surface area (Å²) in [4.78, 5) is 76.4. The second kappa shape index (κ2) is 11.0. The van der Waals surface area contributed by atoms with Gasteiger partial charge in [-0.2, -0.15) is 5.01 Å². The van der Waals surface area contributed by atoms with Gasteiger partial charge in [-0.05, 0) is 60.9 Å². The van der Waals surface area contributed by atoms with Crippen LogP contribution in [0.4, 0.5) is 5.69 Å². The quantitative estimate of drug-likeness (QED) is 0.0763. The van der Waals surface area contributed by atoms with Gasteiger partial charge in [0.1, 0.15) is 12.3 Å². The van der Waals surface area contributed by atoms with Gasteiger partial charge in [0.15, 0.2) is 5.78 Å². The number of allylic oxidation sites excluding steroid dienone is 2. The lowest BCUT2D eigenvalue weighted by molar-refractivity contribution is -0.384. The Morgan fingerprint density at radius 2 is 1.71 bits per heavy atom. The van der Waals surface area contributed by atoms with Gasteiger partial charge in [0.25, 0.3) is 23.4 Å². The average Bonchev–Trinajstić information content (AvgIpc) is 3.60. The highest BCUT2D eigenvalue weighted by atomic mass is 16.6. The molecule has 3 amide bonds. The number of ketones is 1. The van der Waals surface area contributed by atoms with Crippen LogP contribution in [-0.4, -0.2) is 51.0 Å². The molecule has 208 valence electrons. The fourth-order valence-electron chi connectivity index (χ4n) is 4.97. The predicted molar refractivity (Wildman–Crippen MR) is 140 cm³/mol. The summed E-state index contributed by atoms with van der Waals surface area (Å²) in [7, 11) is 0. The molecule has 2 aliphatic rings. The van der Waals surface area contributed by atoms with Crippen molar-refractivity contribution in [2.24, 2.45) is 17.8 Å². The van der Waals surface area contributed by atoms with Crippen molar-refractivity contribution in [3.8, 4) is 5.75 Å². The molecule has 0 bridgehead atoms. The Morgan fingerprint density at radius 1 is 1.02 bits per heavy atom. The van der Waals surface area contributed by atoms with Crippen LogP contribution in [0.25, 0.3) is 0 Å². The van der Waals surface area contributed by atoms with Crippen LogP contribution in [0.5, 0.6) is 5.75 Å². The Hall–Kier alpha value is -5.39. The van der Waals surface area contributed by atoms with E-state index in [1.54, 1.807) is 6.92 Å². The summed E-state index contributed by atoms with van der Waals surface area (Å²) in [5.74, 6) is -4.86. The van der Waals surface area contributed by atoms with Crippen LogP contribution in [0.1, 0.15) is 44.6 Å². The van der Waals surface area contributed by atoms with Crippen LogP contribution in [0.3, 0.4) is 0 Å². The molecule has 0 spiro atoms. The Labute approximate surface area is 232 Å². The standard InChI is InChI=1S/C29H23N3O9/c1-17-4-2-5-22-25(17)28(36)31(27(22)35)30(26(34)19-7-11-20(12-8-19)32(38)39)16-23(33)18-9-13-21(14-10-18)41-29(37)24-6-3-15-40-24/h2-4,6-15,17,22,25H,5,16H2,1H3/t17-,22+,25+/m1/s1. The molecule has 5 rings (SSSR count). The maximum Gasteiger partial charge on any atom is 0.379 e. The second-order valence-electron chi connectivity index (χ2n) is 9.62. The van der Waals surface area contributed by atoms with Crippen molar-refractivity contribution in [1.29, 1.82) is 0 Å². The van der Waals surface area contributed by atoms with E-state index in [4.69, 9.17) is 9.15 Å². The minimum Gasteiger partial charge on any atom is -0.457 e. The summed E-state index contributed by atoms with van der Waals surface area (Å²) >= 11 is 0. The van der Waals surface area contributed by atoms with Crippen LogP contribution in [0, 0.1) is 27.9 Å². The summed E-state index contributed by atoms with van der Waals surface area (Å²) in [5.41, 5.74) is -0.183. The average molecular weight is 558 g/mol. The molecule has 0 radical (unpaired) electrons. The zero-order valence-electron chi connectivity index (χ0n) is 21.7. The lowest BCUT2D eigenvalue weighted by Crippen LogP contribution is -2.52. The minimum absolute atomic E-state index is 0.00409. The SMILES string of the molecule is C[C@@H]1C=CC[C@@H]2C(=O)N(N(CC(=O)c3ccc(OC(=O)c4ccco4)cc3)C(=O)c3ccc([N+](=O)[O-])cc3)C(=O)[C@@H]12. The molecule has 3 atom stereocenters. The number of hydrogen-bond donors (Lipinski definition) is 0. The Bertz CT molecular complexity index is 1560. The molecule has 1 saturated heterocycles. The third kappa shape index (κ3) is 5.26. The molecule has 3 aromatic rings. The molecule has 0 unspecified atom stereocenters. The molecule has 1 aliphatic carbocycles. The number of hydrazine groups is 1. The van der Waals surface area contributed by atoms with E-state index < -0.39 is 52.8 Å². The zero-order chi connectivity index (χ0) is 29.3. The van der Waals surface area contributed by atoms with Crippen molar-refractivity contribution < 1.29 is 38.1 Å². The topological polar surface area (TPSA) is 157 Å². The largest absolute Gasteiger partial charge is 0.457 e. The molecule has 1 aromatic heterocycles. The summed E-state index contributed by atoms with van der Waals surface area (Å²) in [6, 6.07) is 13.1. The number of nitrogens with zero attached hydrogens (tertiary/aromatic N) is 3. The number of hydrogen-bond acceptors (Lipinski definition) is 9. The van der Waals surface area contributed by atoms with Crippen molar-refractivity contribution in [2.75, 3.05) is 6.54 Å². The summed E-state index contributed by atoms with van der Waals surface area (Å²) in [6.07, 6.45) is 5.30. The Kier molecular flexibility index (Phi) is 7.30. The fourth-order valence-corrected chi connectivity index (χ4v) is 4.97. The molecular formula is C29H23N3O9. The highest BCUT2D eigenvalue weighted by Crippen LogP contribution is 2.39. The van der Waals surface area contributed by atoms with E-state index >= 15 is 0 Å². The van der Waals surface area contributed by atoms with Gasteiger partial charge in [-0.3, -0.25) is 29.3 Å².